The standard InChI is InChI=1S/C12H24N2/c1-12(6-3-2-4-7-12)14-10-5-8-13-9-11-14/h13H,2-11H2,1H3. The topological polar surface area (TPSA) is 15.3 Å². The summed E-state index contributed by atoms with van der Waals surface area (Å²) in [5.74, 6) is 0. The van der Waals surface area contributed by atoms with Crippen molar-refractivity contribution in [2.75, 3.05) is 26.2 Å². The molecule has 0 bridgehead atoms. The smallest absolute Gasteiger partial charge is 0.0182 e. The number of nitrogens with one attached hydrogen (secondary N) is 1. The molecule has 2 rings (SSSR count). The summed E-state index contributed by atoms with van der Waals surface area (Å²) >= 11 is 0. The largest absolute Gasteiger partial charge is 0.315 e. The zero-order valence-corrected chi connectivity index (χ0v) is 9.52. The lowest BCUT2D eigenvalue weighted by Crippen LogP contribution is -2.49. The number of hydrogen-bond acceptors (Lipinski definition) is 2. The van der Waals surface area contributed by atoms with Crippen LogP contribution in [0.3, 0.4) is 0 Å². The van der Waals surface area contributed by atoms with Gasteiger partial charge in [0.2, 0.25) is 0 Å². The number of nitrogens with zero attached hydrogens (tertiary/aromatic N) is 1. The molecule has 0 atom stereocenters. The van der Waals surface area contributed by atoms with Crippen LogP contribution < -0.4 is 5.32 Å². The third kappa shape index (κ3) is 2.29. The van der Waals surface area contributed by atoms with E-state index in [1.165, 1.54) is 64.7 Å². The maximum atomic E-state index is 3.49. The first-order chi connectivity index (χ1) is 6.81. The third-order valence-electron chi connectivity index (χ3n) is 4.03. The predicted octanol–water partition coefficient (Wildman–Crippen LogP) is 2.00. The summed E-state index contributed by atoms with van der Waals surface area (Å²) in [6, 6.07) is 0. The number of rotatable bonds is 1. The van der Waals surface area contributed by atoms with Gasteiger partial charge in [-0.3, -0.25) is 4.90 Å². The van der Waals surface area contributed by atoms with E-state index in [9.17, 15) is 0 Å². The fourth-order valence-corrected chi connectivity index (χ4v) is 3.02. The van der Waals surface area contributed by atoms with E-state index in [4.69, 9.17) is 0 Å². The molecule has 2 heteroatoms. The van der Waals surface area contributed by atoms with Crippen molar-refractivity contribution in [3.8, 4) is 0 Å². The quantitative estimate of drug-likeness (QED) is 0.690. The van der Waals surface area contributed by atoms with Gasteiger partial charge in [0, 0.05) is 18.6 Å². The predicted molar refractivity (Wildman–Crippen MR) is 60.5 cm³/mol. The molecular weight excluding hydrogens is 172 g/mol. The molecule has 0 aromatic carbocycles. The molecular formula is C12H24N2. The Morgan fingerprint density at radius 1 is 0.929 bits per heavy atom. The van der Waals surface area contributed by atoms with Crippen LogP contribution in [-0.4, -0.2) is 36.6 Å². The molecule has 1 aliphatic heterocycles. The van der Waals surface area contributed by atoms with Crippen LogP contribution in [0.2, 0.25) is 0 Å². The Kier molecular flexibility index (Phi) is 3.45. The Bertz CT molecular complexity index is 165. The SMILES string of the molecule is CC1(N2CCCNCC2)CCCCC1. The Morgan fingerprint density at radius 2 is 1.71 bits per heavy atom. The van der Waals surface area contributed by atoms with E-state index < -0.39 is 0 Å². The Labute approximate surface area is 88.1 Å². The maximum absolute atomic E-state index is 3.49. The summed E-state index contributed by atoms with van der Waals surface area (Å²) in [7, 11) is 0. The van der Waals surface area contributed by atoms with Crippen molar-refractivity contribution in [1.82, 2.24) is 10.2 Å². The highest BCUT2D eigenvalue weighted by molar-refractivity contribution is 4.90. The van der Waals surface area contributed by atoms with Gasteiger partial charge >= 0.3 is 0 Å². The number of hydrogen-bond donors (Lipinski definition) is 1. The molecule has 0 unspecified atom stereocenters. The molecule has 0 radical (unpaired) electrons. The molecule has 2 nitrogen and oxygen atoms in total. The van der Waals surface area contributed by atoms with Gasteiger partial charge in [-0.25, -0.2) is 0 Å². The highest BCUT2D eigenvalue weighted by Crippen LogP contribution is 2.33. The molecule has 14 heavy (non-hydrogen) atoms. The summed E-state index contributed by atoms with van der Waals surface area (Å²) in [5, 5.41) is 3.49. The highest BCUT2D eigenvalue weighted by Gasteiger charge is 2.32. The summed E-state index contributed by atoms with van der Waals surface area (Å²) in [5.41, 5.74) is 0.532. The lowest BCUT2D eigenvalue weighted by atomic mass is 9.82. The van der Waals surface area contributed by atoms with Gasteiger partial charge in [-0.05, 0) is 39.3 Å². The van der Waals surface area contributed by atoms with E-state index in [1.54, 1.807) is 0 Å². The molecule has 2 fully saturated rings. The monoisotopic (exact) mass is 196 g/mol. The van der Waals surface area contributed by atoms with Crippen molar-refractivity contribution >= 4 is 0 Å². The van der Waals surface area contributed by atoms with Gasteiger partial charge in [0.1, 0.15) is 0 Å². The lowest BCUT2D eigenvalue weighted by molar-refractivity contribution is 0.0726. The van der Waals surface area contributed by atoms with Crippen LogP contribution >= 0.6 is 0 Å². The highest BCUT2D eigenvalue weighted by atomic mass is 15.2. The van der Waals surface area contributed by atoms with Crippen molar-refractivity contribution in [2.24, 2.45) is 0 Å². The average Bonchev–Trinajstić information content (AvgIpc) is 2.47. The van der Waals surface area contributed by atoms with Gasteiger partial charge in [-0.1, -0.05) is 19.3 Å². The van der Waals surface area contributed by atoms with Crippen LogP contribution in [-0.2, 0) is 0 Å². The average molecular weight is 196 g/mol. The van der Waals surface area contributed by atoms with Gasteiger partial charge in [-0.15, -0.1) is 0 Å². The molecule has 0 aromatic heterocycles. The first kappa shape index (κ1) is 10.4. The first-order valence-electron chi connectivity index (χ1n) is 6.27. The second-order valence-corrected chi connectivity index (χ2v) is 5.15. The van der Waals surface area contributed by atoms with Crippen molar-refractivity contribution in [3.05, 3.63) is 0 Å². The molecule has 0 spiro atoms. The summed E-state index contributed by atoms with van der Waals surface area (Å²) in [6.45, 7) is 7.46. The van der Waals surface area contributed by atoms with Crippen LogP contribution in [0.4, 0.5) is 0 Å². The second kappa shape index (κ2) is 4.63. The van der Waals surface area contributed by atoms with Crippen molar-refractivity contribution in [2.45, 2.75) is 51.0 Å². The molecule has 1 aliphatic carbocycles. The maximum Gasteiger partial charge on any atom is 0.0182 e. The molecule has 0 aromatic rings. The van der Waals surface area contributed by atoms with Crippen LogP contribution in [0, 0.1) is 0 Å². The van der Waals surface area contributed by atoms with E-state index in [0.717, 1.165) is 0 Å². The summed E-state index contributed by atoms with van der Waals surface area (Å²) in [6.07, 6.45) is 8.53. The van der Waals surface area contributed by atoms with Crippen molar-refractivity contribution < 1.29 is 0 Å². The molecule has 82 valence electrons. The van der Waals surface area contributed by atoms with E-state index in [0.29, 0.717) is 5.54 Å². The van der Waals surface area contributed by atoms with Gasteiger partial charge < -0.3 is 5.32 Å². The molecule has 1 N–H and O–H groups in total. The van der Waals surface area contributed by atoms with Crippen LogP contribution in [0.1, 0.15) is 45.4 Å². The van der Waals surface area contributed by atoms with E-state index in [2.05, 4.69) is 17.1 Å². The van der Waals surface area contributed by atoms with Gasteiger partial charge in [0.15, 0.2) is 0 Å². The molecule has 0 amide bonds. The van der Waals surface area contributed by atoms with E-state index in [1.807, 2.05) is 0 Å². The fourth-order valence-electron chi connectivity index (χ4n) is 3.02. The van der Waals surface area contributed by atoms with E-state index in [-0.39, 0.29) is 0 Å². The van der Waals surface area contributed by atoms with Crippen molar-refractivity contribution in [1.29, 1.82) is 0 Å². The van der Waals surface area contributed by atoms with Gasteiger partial charge in [-0.2, -0.15) is 0 Å². The van der Waals surface area contributed by atoms with E-state index >= 15 is 0 Å². The van der Waals surface area contributed by atoms with Crippen LogP contribution in [0.5, 0.6) is 0 Å². The Morgan fingerprint density at radius 3 is 2.50 bits per heavy atom. The molecule has 1 heterocycles. The minimum Gasteiger partial charge on any atom is -0.315 e. The molecule has 1 saturated heterocycles. The summed E-state index contributed by atoms with van der Waals surface area (Å²) in [4.78, 5) is 2.74. The van der Waals surface area contributed by atoms with Gasteiger partial charge in [0.05, 0.1) is 0 Å². The van der Waals surface area contributed by atoms with Crippen LogP contribution in [0.25, 0.3) is 0 Å². The van der Waals surface area contributed by atoms with Crippen LogP contribution in [0.15, 0.2) is 0 Å². The Hall–Kier alpha value is -0.0800. The molecule has 1 saturated carbocycles. The minimum absolute atomic E-state index is 0.532. The normalized spacial score (nSPS) is 29.8. The second-order valence-electron chi connectivity index (χ2n) is 5.15. The Balaban J connectivity index is 1.95. The zero-order chi connectivity index (χ0) is 9.86. The van der Waals surface area contributed by atoms with Crippen molar-refractivity contribution in [3.63, 3.8) is 0 Å². The summed E-state index contributed by atoms with van der Waals surface area (Å²) < 4.78 is 0. The van der Waals surface area contributed by atoms with Gasteiger partial charge in [0.25, 0.3) is 0 Å². The zero-order valence-electron chi connectivity index (χ0n) is 9.52. The fraction of sp³-hybridized carbons (Fsp3) is 1.00. The molecule has 2 aliphatic rings. The third-order valence-corrected chi connectivity index (χ3v) is 4.03. The lowest BCUT2D eigenvalue weighted by Gasteiger charge is -2.43. The minimum atomic E-state index is 0.532. The first-order valence-corrected chi connectivity index (χ1v) is 6.27.